The fourth-order valence-corrected chi connectivity index (χ4v) is 4.69. The van der Waals surface area contributed by atoms with Gasteiger partial charge in [-0.2, -0.15) is 0 Å². The molecule has 0 unspecified atom stereocenters. The first-order valence-electron chi connectivity index (χ1n) is 12.1. The van der Waals surface area contributed by atoms with Gasteiger partial charge < -0.3 is 19.5 Å². The Balaban J connectivity index is 1.27. The summed E-state index contributed by atoms with van der Waals surface area (Å²) in [4.78, 5) is 18.3. The Hall–Kier alpha value is -3.55. The van der Waals surface area contributed by atoms with Gasteiger partial charge in [-0.1, -0.05) is 48.5 Å². The van der Waals surface area contributed by atoms with E-state index in [-0.39, 0.29) is 18.7 Å². The van der Waals surface area contributed by atoms with Crippen molar-refractivity contribution in [2.24, 2.45) is 0 Å². The SMILES string of the molecule is CCOc1ccccc1NC(=O)[C@@H](c1ccccc1)N1CCN(Cc2ccc3c(c2)OCO3)CC1. The highest BCUT2D eigenvalue weighted by molar-refractivity contribution is 5.96. The van der Waals surface area contributed by atoms with Gasteiger partial charge in [-0.25, -0.2) is 0 Å². The van der Waals surface area contributed by atoms with E-state index in [1.807, 2.05) is 67.6 Å². The molecule has 1 atom stereocenters. The topological polar surface area (TPSA) is 63.3 Å². The van der Waals surface area contributed by atoms with E-state index < -0.39 is 0 Å². The smallest absolute Gasteiger partial charge is 0.246 e. The molecule has 0 saturated carbocycles. The second-order valence-corrected chi connectivity index (χ2v) is 8.73. The number of hydrogen-bond acceptors (Lipinski definition) is 6. The predicted molar refractivity (Wildman–Crippen MR) is 135 cm³/mol. The minimum atomic E-state index is -0.376. The highest BCUT2D eigenvalue weighted by Crippen LogP contribution is 2.33. The molecule has 3 aromatic rings. The van der Waals surface area contributed by atoms with Crippen molar-refractivity contribution in [1.82, 2.24) is 9.80 Å². The zero-order valence-electron chi connectivity index (χ0n) is 20.0. The molecular weight excluding hydrogens is 442 g/mol. The molecule has 0 radical (unpaired) electrons. The minimum absolute atomic E-state index is 0.0485. The lowest BCUT2D eigenvalue weighted by atomic mass is 10.0. The third kappa shape index (κ3) is 5.42. The molecule has 35 heavy (non-hydrogen) atoms. The normalized spacial score (nSPS) is 16.6. The van der Waals surface area contributed by atoms with Crippen molar-refractivity contribution in [3.05, 3.63) is 83.9 Å². The van der Waals surface area contributed by atoms with Crippen LogP contribution >= 0.6 is 0 Å². The van der Waals surface area contributed by atoms with Crippen molar-refractivity contribution in [1.29, 1.82) is 0 Å². The van der Waals surface area contributed by atoms with Gasteiger partial charge in [-0.3, -0.25) is 14.6 Å². The lowest BCUT2D eigenvalue weighted by molar-refractivity contribution is -0.122. The largest absolute Gasteiger partial charge is 0.492 e. The molecule has 7 heteroatoms. The zero-order chi connectivity index (χ0) is 24.0. The van der Waals surface area contributed by atoms with E-state index in [9.17, 15) is 4.79 Å². The molecule has 0 spiro atoms. The van der Waals surface area contributed by atoms with Crippen LogP contribution in [0.4, 0.5) is 5.69 Å². The van der Waals surface area contributed by atoms with Crippen LogP contribution in [0, 0.1) is 0 Å². The number of ether oxygens (including phenoxy) is 3. The fourth-order valence-electron chi connectivity index (χ4n) is 4.69. The molecule has 1 N–H and O–H groups in total. The third-order valence-corrected chi connectivity index (χ3v) is 6.42. The summed E-state index contributed by atoms with van der Waals surface area (Å²) in [5.41, 5.74) is 2.89. The first-order valence-corrected chi connectivity index (χ1v) is 12.1. The van der Waals surface area contributed by atoms with Crippen LogP contribution in [0.3, 0.4) is 0 Å². The summed E-state index contributed by atoms with van der Waals surface area (Å²) in [6.07, 6.45) is 0. The lowest BCUT2D eigenvalue weighted by Gasteiger charge is -2.39. The Morgan fingerprint density at radius 2 is 1.69 bits per heavy atom. The van der Waals surface area contributed by atoms with Crippen LogP contribution in [0.1, 0.15) is 24.1 Å². The summed E-state index contributed by atoms with van der Waals surface area (Å²) in [7, 11) is 0. The molecular formula is C28H31N3O4. The van der Waals surface area contributed by atoms with Gasteiger partial charge in [0.15, 0.2) is 11.5 Å². The predicted octanol–water partition coefficient (Wildman–Crippen LogP) is 4.31. The van der Waals surface area contributed by atoms with Crippen LogP contribution < -0.4 is 19.5 Å². The maximum absolute atomic E-state index is 13.6. The Morgan fingerprint density at radius 1 is 0.943 bits per heavy atom. The van der Waals surface area contributed by atoms with Crippen LogP contribution in [0.25, 0.3) is 0 Å². The number of carbonyl (C=O) groups is 1. The Bertz CT molecular complexity index is 1150. The number of benzene rings is 3. The second-order valence-electron chi connectivity index (χ2n) is 8.73. The maximum Gasteiger partial charge on any atom is 0.246 e. The van der Waals surface area contributed by atoms with Gasteiger partial charge in [0.1, 0.15) is 11.8 Å². The number of carbonyl (C=O) groups excluding carboxylic acids is 1. The van der Waals surface area contributed by atoms with Crippen LogP contribution in [-0.2, 0) is 11.3 Å². The van der Waals surface area contributed by atoms with Gasteiger partial charge in [0.05, 0.1) is 12.3 Å². The summed E-state index contributed by atoms with van der Waals surface area (Å²) in [5, 5.41) is 3.12. The first-order chi connectivity index (χ1) is 17.2. The summed E-state index contributed by atoms with van der Waals surface area (Å²) < 4.78 is 16.7. The van der Waals surface area contributed by atoms with Gasteiger partial charge in [-0.05, 0) is 42.3 Å². The number of hydrogen-bond donors (Lipinski definition) is 1. The first kappa shape index (κ1) is 23.2. The number of piperazine rings is 1. The second kappa shape index (κ2) is 10.8. The molecule has 5 rings (SSSR count). The molecule has 1 amide bonds. The fraction of sp³-hybridized carbons (Fsp3) is 0.321. The number of amides is 1. The van der Waals surface area contributed by atoms with Crippen molar-refractivity contribution >= 4 is 11.6 Å². The summed E-state index contributed by atoms with van der Waals surface area (Å²) >= 11 is 0. The van der Waals surface area contributed by atoms with Gasteiger partial charge in [0.2, 0.25) is 12.7 Å². The number of nitrogens with zero attached hydrogens (tertiary/aromatic N) is 2. The third-order valence-electron chi connectivity index (χ3n) is 6.42. The highest BCUT2D eigenvalue weighted by Gasteiger charge is 2.31. The Morgan fingerprint density at radius 3 is 2.49 bits per heavy atom. The number of nitrogens with one attached hydrogen (secondary N) is 1. The highest BCUT2D eigenvalue weighted by atomic mass is 16.7. The average Bonchev–Trinajstić information content (AvgIpc) is 3.35. The Labute approximate surface area is 206 Å². The Kier molecular flexibility index (Phi) is 7.16. The number of para-hydroxylation sites is 2. The van der Waals surface area contributed by atoms with Crippen LogP contribution in [0.5, 0.6) is 17.2 Å². The summed E-state index contributed by atoms with van der Waals surface area (Å²) in [6.45, 7) is 6.95. The molecule has 2 heterocycles. The van der Waals surface area contributed by atoms with E-state index in [4.69, 9.17) is 14.2 Å². The van der Waals surface area contributed by atoms with Gasteiger partial charge in [0, 0.05) is 32.7 Å². The maximum atomic E-state index is 13.6. The molecule has 3 aromatic carbocycles. The van der Waals surface area contributed by atoms with Crippen LogP contribution in [-0.4, -0.2) is 55.3 Å². The number of rotatable bonds is 8. The van der Waals surface area contributed by atoms with E-state index in [0.29, 0.717) is 18.0 Å². The van der Waals surface area contributed by atoms with E-state index in [1.54, 1.807) is 0 Å². The quantitative estimate of drug-likeness (QED) is 0.526. The molecule has 7 nitrogen and oxygen atoms in total. The molecule has 0 bridgehead atoms. The minimum Gasteiger partial charge on any atom is -0.492 e. The van der Waals surface area contributed by atoms with Crippen molar-refractivity contribution in [3.63, 3.8) is 0 Å². The number of anilines is 1. The molecule has 2 aliphatic heterocycles. The average molecular weight is 474 g/mol. The van der Waals surface area contributed by atoms with E-state index >= 15 is 0 Å². The zero-order valence-corrected chi connectivity index (χ0v) is 20.0. The van der Waals surface area contributed by atoms with Crippen molar-refractivity contribution in [2.45, 2.75) is 19.5 Å². The molecule has 1 saturated heterocycles. The number of fused-ring (bicyclic) bond motifs is 1. The van der Waals surface area contributed by atoms with Crippen LogP contribution in [0.15, 0.2) is 72.8 Å². The van der Waals surface area contributed by atoms with E-state index in [2.05, 4.69) is 27.2 Å². The van der Waals surface area contributed by atoms with E-state index in [0.717, 1.165) is 49.8 Å². The lowest BCUT2D eigenvalue weighted by Crippen LogP contribution is -2.49. The molecule has 182 valence electrons. The molecule has 2 aliphatic rings. The summed E-state index contributed by atoms with van der Waals surface area (Å²) in [5.74, 6) is 2.26. The van der Waals surface area contributed by atoms with Gasteiger partial charge in [-0.15, -0.1) is 0 Å². The molecule has 0 aromatic heterocycles. The van der Waals surface area contributed by atoms with Crippen molar-refractivity contribution in [2.75, 3.05) is 44.9 Å². The molecule has 0 aliphatic carbocycles. The van der Waals surface area contributed by atoms with Crippen molar-refractivity contribution in [3.8, 4) is 17.2 Å². The standard InChI is InChI=1S/C28H31N3O4/c1-2-33-24-11-7-6-10-23(24)29-28(32)27(22-8-4-3-5-9-22)31-16-14-30(15-17-31)19-21-12-13-25-26(18-21)35-20-34-25/h3-13,18,27H,2,14-17,19-20H2,1H3,(H,29,32)/t27-/m1/s1. The molecule has 1 fully saturated rings. The van der Waals surface area contributed by atoms with Crippen molar-refractivity contribution < 1.29 is 19.0 Å². The van der Waals surface area contributed by atoms with E-state index in [1.165, 1.54) is 5.56 Å². The van der Waals surface area contributed by atoms with Crippen LogP contribution in [0.2, 0.25) is 0 Å². The van der Waals surface area contributed by atoms with Gasteiger partial charge >= 0.3 is 0 Å². The van der Waals surface area contributed by atoms with Gasteiger partial charge in [0.25, 0.3) is 0 Å². The monoisotopic (exact) mass is 473 g/mol. The summed E-state index contributed by atoms with van der Waals surface area (Å²) in [6, 6.07) is 23.3.